The van der Waals surface area contributed by atoms with E-state index in [0.29, 0.717) is 27.3 Å². The molecular weight excluding hydrogens is 448 g/mol. The van der Waals surface area contributed by atoms with Crippen molar-refractivity contribution in [2.24, 2.45) is 0 Å². The Hall–Kier alpha value is -2.78. The van der Waals surface area contributed by atoms with Crippen LogP contribution in [0.1, 0.15) is 43.5 Å². The van der Waals surface area contributed by atoms with Crippen molar-refractivity contribution in [2.75, 3.05) is 11.1 Å². The Kier molecular flexibility index (Phi) is 7.00. The molecule has 3 rings (SSSR count). The van der Waals surface area contributed by atoms with Crippen molar-refractivity contribution in [3.05, 3.63) is 63.3 Å². The maximum absolute atomic E-state index is 13.0. The van der Waals surface area contributed by atoms with Crippen molar-refractivity contribution in [2.45, 2.75) is 50.6 Å². The number of thioether (sulfide) groups is 1. The standard InChI is InChI=1S/C23H26N2O5S2/c1-6-31-23-14(3)21(27)18-12-13(2)11-17(22(18)30-23)15(4)24-19-9-7-8-10-20(19)32(28,29)25-16(5)26/h7-12,15,24H,6H2,1-5H3,(H,25,26). The van der Waals surface area contributed by atoms with Crippen LogP contribution in [0.25, 0.3) is 11.0 Å². The van der Waals surface area contributed by atoms with Gasteiger partial charge in [0.05, 0.1) is 17.1 Å². The third-order valence-corrected chi connectivity index (χ3v) is 7.35. The number of hydrogen-bond acceptors (Lipinski definition) is 7. The Bertz CT molecular complexity index is 1350. The van der Waals surface area contributed by atoms with Gasteiger partial charge in [-0.05, 0) is 50.3 Å². The Morgan fingerprint density at radius 3 is 2.53 bits per heavy atom. The van der Waals surface area contributed by atoms with Crippen molar-refractivity contribution in [3.63, 3.8) is 0 Å². The lowest BCUT2D eigenvalue weighted by Crippen LogP contribution is -2.29. The van der Waals surface area contributed by atoms with Gasteiger partial charge in [0.15, 0.2) is 10.5 Å². The molecule has 0 fully saturated rings. The number of rotatable bonds is 7. The van der Waals surface area contributed by atoms with E-state index < -0.39 is 22.0 Å². The molecule has 0 spiro atoms. The van der Waals surface area contributed by atoms with Gasteiger partial charge in [0.1, 0.15) is 10.5 Å². The predicted octanol–water partition coefficient (Wildman–Crippen LogP) is 4.52. The summed E-state index contributed by atoms with van der Waals surface area (Å²) in [7, 11) is -4.03. The molecule has 3 aromatic rings. The lowest BCUT2D eigenvalue weighted by atomic mass is 10.0. The molecule has 1 heterocycles. The quantitative estimate of drug-likeness (QED) is 0.485. The van der Waals surface area contributed by atoms with Crippen molar-refractivity contribution in [3.8, 4) is 0 Å². The fourth-order valence-corrected chi connectivity index (χ4v) is 5.39. The zero-order valence-electron chi connectivity index (χ0n) is 18.6. The molecule has 0 saturated heterocycles. The topological polar surface area (TPSA) is 105 Å². The van der Waals surface area contributed by atoms with E-state index >= 15 is 0 Å². The molecule has 7 nitrogen and oxygen atoms in total. The number of carbonyl (C=O) groups is 1. The van der Waals surface area contributed by atoms with Gasteiger partial charge in [0.25, 0.3) is 10.0 Å². The second-order valence-electron chi connectivity index (χ2n) is 7.53. The summed E-state index contributed by atoms with van der Waals surface area (Å²) in [6.45, 7) is 8.65. The van der Waals surface area contributed by atoms with Crippen LogP contribution in [0.3, 0.4) is 0 Å². The van der Waals surface area contributed by atoms with Crippen LogP contribution in [0.15, 0.2) is 55.6 Å². The summed E-state index contributed by atoms with van der Waals surface area (Å²) in [6, 6.07) is 9.68. The number of para-hydroxylation sites is 1. The average molecular weight is 475 g/mol. The van der Waals surface area contributed by atoms with Gasteiger partial charge in [-0.15, -0.1) is 0 Å². The van der Waals surface area contributed by atoms with Gasteiger partial charge in [-0.2, -0.15) is 0 Å². The van der Waals surface area contributed by atoms with Crippen LogP contribution in [-0.2, 0) is 14.8 Å². The summed E-state index contributed by atoms with van der Waals surface area (Å²) in [6.07, 6.45) is 0. The summed E-state index contributed by atoms with van der Waals surface area (Å²) >= 11 is 1.46. The summed E-state index contributed by atoms with van der Waals surface area (Å²) < 4.78 is 33.4. The fourth-order valence-electron chi connectivity index (χ4n) is 3.51. The number of hydrogen-bond donors (Lipinski definition) is 2. The number of nitrogens with one attached hydrogen (secondary N) is 2. The monoisotopic (exact) mass is 474 g/mol. The summed E-state index contributed by atoms with van der Waals surface area (Å²) in [5.74, 6) is 0.0919. The third kappa shape index (κ3) is 4.83. The van der Waals surface area contributed by atoms with Crippen LogP contribution in [-0.4, -0.2) is 20.1 Å². The number of carbonyl (C=O) groups excluding carboxylic acids is 1. The Morgan fingerprint density at radius 2 is 1.88 bits per heavy atom. The van der Waals surface area contributed by atoms with Crippen LogP contribution in [0, 0.1) is 13.8 Å². The smallest absolute Gasteiger partial charge is 0.266 e. The molecule has 1 amide bonds. The van der Waals surface area contributed by atoms with Gasteiger partial charge >= 0.3 is 0 Å². The van der Waals surface area contributed by atoms with Gasteiger partial charge in [-0.3, -0.25) is 9.59 Å². The van der Waals surface area contributed by atoms with Crippen molar-refractivity contribution < 1.29 is 17.6 Å². The average Bonchev–Trinajstić information content (AvgIpc) is 2.71. The largest absolute Gasteiger partial charge is 0.449 e. The van der Waals surface area contributed by atoms with E-state index in [1.165, 1.54) is 17.8 Å². The van der Waals surface area contributed by atoms with E-state index in [4.69, 9.17) is 4.42 Å². The molecule has 9 heteroatoms. The second kappa shape index (κ2) is 9.38. The number of anilines is 1. The molecule has 0 aliphatic heterocycles. The molecule has 0 radical (unpaired) electrons. The Morgan fingerprint density at radius 1 is 1.19 bits per heavy atom. The van der Waals surface area contributed by atoms with E-state index in [-0.39, 0.29) is 10.3 Å². The van der Waals surface area contributed by atoms with Gasteiger partial charge in [0.2, 0.25) is 5.91 Å². The minimum atomic E-state index is -4.03. The first-order valence-electron chi connectivity index (χ1n) is 10.1. The van der Waals surface area contributed by atoms with E-state index in [1.807, 2.05) is 31.6 Å². The van der Waals surface area contributed by atoms with Gasteiger partial charge in [-0.1, -0.05) is 36.9 Å². The van der Waals surface area contributed by atoms with Crippen LogP contribution in [0.5, 0.6) is 0 Å². The Balaban J connectivity index is 2.12. The number of aryl methyl sites for hydroxylation is 1. The first kappa shape index (κ1) is 23.9. The number of sulfonamides is 1. The lowest BCUT2D eigenvalue weighted by molar-refractivity contribution is -0.117. The number of fused-ring (bicyclic) bond motifs is 1. The van der Waals surface area contributed by atoms with Gasteiger partial charge in [-0.25, -0.2) is 13.1 Å². The first-order valence-corrected chi connectivity index (χ1v) is 12.6. The maximum Gasteiger partial charge on any atom is 0.266 e. The maximum atomic E-state index is 13.0. The van der Waals surface area contributed by atoms with Crippen molar-refractivity contribution >= 4 is 44.3 Å². The molecule has 0 bridgehead atoms. The van der Waals surface area contributed by atoms with Gasteiger partial charge in [0, 0.05) is 18.1 Å². The Labute approximate surface area is 191 Å². The molecule has 1 aromatic heterocycles. The predicted molar refractivity (Wildman–Crippen MR) is 128 cm³/mol. The van der Waals surface area contributed by atoms with E-state index in [2.05, 4.69) is 5.32 Å². The summed E-state index contributed by atoms with van der Waals surface area (Å²) in [5.41, 5.74) is 2.94. The first-order chi connectivity index (χ1) is 15.0. The minimum Gasteiger partial charge on any atom is -0.449 e. The van der Waals surface area contributed by atoms with Crippen LogP contribution >= 0.6 is 11.8 Å². The normalized spacial score (nSPS) is 12.5. The highest BCUT2D eigenvalue weighted by atomic mass is 32.2. The summed E-state index contributed by atoms with van der Waals surface area (Å²) in [4.78, 5) is 24.3. The molecule has 170 valence electrons. The molecule has 0 saturated carbocycles. The molecule has 0 aliphatic rings. The van der Waals surface area contributed by atoms with Crippen molar-refractivity contribution in [1.82, 2.24) is 4.72 Å². The highest BCUT2D eigenvalue weighted by Crippen LogP contribution is 2.32. The number of amides is 1. The second-order valence-corrected chi connectivity index (χ2v) is 10.4. The fraction of sp³-hybridized carbons (Fsp3) is 0.304. The third-order valence-electron chi connectivity index (χ3n) is 4.92. The van der Waals surface area contributed by atoms with Crippen LogP contribution in [0.2, 0.25) is 0 Å². The molecule has 0 aliphatic carbocycles. The molecular formula is C23H26N2O5S2. The number of benzene rings is 2. The van der Waals surface area contributed by atoms with E-state index in [1.54, 1.807) is 31.2 Å². The highest BCUT2D eigenvalue weighted by molar-refractivity contribution is 7.99. The summed E-state index contributed by atoms with van der Waals surface area (Å²) in [5, 5.41) is 4.28. The SMILES string of the molecule is CCSc1oc2c(C(C)Nc3ccccc3S(=O)(=O)NC(C)=O)cc(C)cc2c(=O)c1C. The van der Waals surface area contributed by atoms with Crippen LogP contribution < -0.4 is 15.5 Å². The van der Waals surface area contributed by atoms with Crippen LogP contribution in [0.4, 0.5) is 5.69 Å². The molecule has 2 N–H and O–H groups in total. The minimum absolute atomic E-state index is 0.0430. The van der Waals surface area contributed by atoms with E-state index in [0.717, 1.165) is 23.8 Å². The molecule has 2 aromatic carbocycles. The zero-order chi connectivity index (χ0) is 23.6. The van der Waals surface area contributed by atoms with Crippen molar-refractivity contribution in [1.29, 1.82) is 0 Å². The van der Waals surface area contributed by atoms with Gasteiger partial charge < -0.3 is 9.73 Å². The lowest BCUT2D eigenvalue weighted by Gasteiger charge is -2.20. The highest BCUT2D eigenvalue weighted by Gasteiger charge is 2.22. The molecule has 32 heavy (non-hydrogen) atoms. The zero-order valence-corrected chi connectivity index (χ0v) is 20.2. The van der Waals surface area contributed by atoms with E-state index in [9.17, 15) is 18.0 Å². The molecule has 1 unspecified atom stereocenters. The molecule has 1 atom stereocenters.